The third kappa shape index (κ3) is 3.59. The number of nitro groups is 1. The Hall–Kier alpha value is -1.62. The molecule has 1 aliphatic heterocycles. The number of ether oxygens (including phenoxy) is 1. The van der Waals surface area contributed by atoms with E-state index < -0.39 is 20.3 Å². The first-order valence-electron chi connectivity index (χ1n) is 7.56. The van der Waals surface area contributed by atoms with E-state index in [-0.39, 0.29) is 16.3 Å². The van der Waals surface area contributed by atoms with Gasteiger partial charge in [-0.1, -0.05) is 22.0 Å². The van der Waals surface area contributed by atoms with Gasteiger partial charge in [0.25, 0.3) is 0 Å². The summed E-state index contributed by atoms with van der Waals surface area (Å²) < 4.78 is 33.2. The lowest BCUT2D eigenvalue weighted by atomic mass is 10.2. The number of benzene rings is 2. The van der Waals surface area contributed by atoms with E-state index in [0.29, 0.717) is 17.9 Å². The quantitative estimate of drug-likeness (QED) is 0.499. The first kappa shape index (κ1) is 19.2. The van der Waals surface area contributed by atoms with Gasteiger partial charge in [-0.05, 0) is 35.9 Å². The van der Waals surface area contributed by atoms with Crippen molar-refractivity contribution in [2.75, 3.05) is 19.4 Å². The van der Waals surface area contributed by atoms with Crippen LogP contribution in [0, 0.1) is 10.1 Å². The van der Waals surface area contributed by atoms with Crippen LogP contribution in [0.5, 0.6) is 5.75 Å². The van der Waals surface area contributed by atoms with Crippen molar-refractivity contribution in [2.24, 2.45) is 0 Å². The largest absolute Gasteiger partial charge is 0.490 e. The highest BCUT2D eigenvalue weighted by molar-refractivity contribution is 9.10. The van der Waals surface area contributed by atoms with Gasteiger partial charge < -0.3 is 4.74 Å². The summed E-state index contributed by atoms with van der Waals surface area (Å²) in [5.41, 5.74) is 0.374. The number of nitrogens with zero attached hydrogens (tertiary/aromatic N) is 2. The number of sulfonamides is 1. The van der Waals surface area contributed by atoms with Crippen LogP contribution in [0.1, 0.15) is 10.9 Å². The third-order valence-electron chi connectivity index (χ3n) is 3.95. The minimum absolute atomic E-state index is 0.143. The highest BCUT2D eigenvalue weighted by Crippen LogP contribution is 2.43. The molecule has 0 amide bonds. The van der Waals surface area contributed by atoms with Crippen molar-refractivity contribution in [1.29, 1.82) is 0 Å². The number of nitro benzene ring substituents is 1. The van der Waals surface area contributed by atoms with E-state index in [4.69, 9.17) is 4.74 Å². The molecule has 0 aliphatic carbocycles. The Kier molecular flexibility index (Phi) is 5.56. The zero-order valence-electron chi connectivity index (χ0n) is 13.7. The Morgan fingerprint density at radius 3 is 2.58 bits per heavy atom. The average Bonchev–Trinajstić information content (AvgIpc) is 3.12. The van der Waals surface area contributed by atoms with E-state index in [0.717, 1.165) is 4.47 Å². The molecule has 0 spiro atoms. The number of thioether (sulfide) groups is 1. The van der Waals surface area contributed by atoms with Crippen molar-refractivity contribution in [1.82, 2.24) is 4.31 Å². The molecule has 0 saturated carbocycles. The number of rotatable bonds is 5. The minimum Gasteiger partial charge on any atom is -0.490 e. The van der Waals surface area contributed by atoms with E-state index in [1.54, 1.807) is 18.2 Å². The monoisotopic (exact) mass is 458 g/mol. The van der Waals surface area contributed by atoms with Crippen LogP contribution in [-0.4, -0.2) is 37.1 Å². The van der Waals surface area contributed by atoms with Crippen LogP contribution in [0.15, 0.2) is 51.8 Å². The summed E-state index contributed by atoms with van der Waals surface area (Å²) in [6.07, 6.45) is 0. The molecule has 1 atom stereocenters. The van der Waals surface area contributed by atoms with Crippen molar-refractivity contribution in [3.05, 3.63) is 62.6 Å². The van der Waals surface area contributed by atoms with Crippen molar-refractivity contribution in [3.63, 3.8) is 0 Å². The smallest absolute Gasteiger partial charge is 0.311 e. The number of halogens is 1. The fourth-order valence-corrected chi connectivity index (χ4v) is 6.20. The van der Waals surface area contributed by atoms with Crippen molar-refractivity contribution in [2.45, 2.75) is 10.3 Å². The molecule has 1 heterocycles. The molecule has 0 N–H and O–H groups in total. The highest BCUT2D eigenvalue weighted by atomic mass is 79.9. The Morgan fingerprint density at radius 1 is 1.27 bits per heavy atom. The maximum atomic E-state index is 13.0. The molecule has 2 aromatic carbocycles. The first-order valence-corrected chi connectivity index (χ1v) is 10.8. The Morgan fingerprint density at radius 2 is 1.96 bits per heavy atom. The summed E-state index contributed by atoms with van der Waals surface area (Å²) in [6, 6.07) is 11.0. The zero-order valence-corrected chi connectivity index (χ0v) is 16.9. The van der Waals surface area contributed by atoms with Crippen LogP contribution in [-0.2, 0) is 10.0 Å². The van der Waals surface area contributed by atoms with E-state index in [1.165, 1.54) is 47.4 Å². The van der Waals surface area contributed by atoms with Crippen molar-refractivity contribution in [3.8, 4) is 5.75 Å². The molecule has 1 aliphatic rings. The fraction of sp³-hybridized carbons (Fsp3) is 0.250. The molecule has 138 valence electrons. The molecule has 0 unspecified atom stereocenters. The average molecular weight is 459 g/mol. The van der Waals surface area contributed by atoms with Gasteiger partial charge in [0, 0.05) is 22.8 Å². The van der Waals surface area contributed by atoms with Gasteiger partial charge in [0.15, 0.2) is 5.75 Å². The van der Waals surface area contributed by atoms with E-state index in [2.05, 4.69) is 15.9 Å². The minimum atomic E-state index is -3.71. The molecule has 0 radical (unpaired) electrons. The maximum Gasteiger partial charge on any atom is 0.311 e. The van der Waals surface area contributed by atoms with E-state index in [1.807, 2.05) is 0 Å². The van der Waals surface area contributed by atoms with Gasteiger partial charge in [0.1, 0.15) is 0 Å². The lowest BCUT2D eigenvalue weighted by Gasteiger charge is -2.23. The fourth-order valence-electron chi connectivity index (χ4n) is 2.71. The molecule has 10 heteroatoms. The SMILES string of the molecule is COc1ccc([C@H]2SCCN2S(=O)(=O)c2ccc(Br)cc2)cc1[N+](=O)[O-]. The van der Waals surface area contributed by atoms with Gasteiger partial charge in [-0.3, -0.25) is 10.1 Å². The van der Waals surface area contributed by atoms with Crippen LogP contribution in [0.2, 0.25) is 0 Å². The third-order valence-corrected chi connectivity index (χ3v) is 7.76. The zero-order chi connectivity index (χ0) is 18.9. The summed E-state index contributed by atoms with van der Waals surface area (Å²) in [4.78, 5) is 10.9. The predicted octanol–water partition coefficient (Wildman–Crippen LogP) is 3.80. The van der Waals surface area contributed by atoms with E-state index in [9.17, 15) is 18.5 Å². The summed E-state index contributed by atoms with van der Waals surface area (Å²) in [6.45, 7) is 0.341. The molecule has 1 saturated heterocycles. The molecule has 3 rings (SSSR count). The molecule has 26 heavy (non-hydrogen) atoms. The normalized spacial score (nSPS) is 18.0. The van der Waals surface area contributed by atoms with Crippen LogP contribution in [0.4, 0.5) is 5.69 Å². The summed E-state index contributed by atoms with van der Waals surface area (Å²) in [5, 5.41) is 10.7. The topological polar surface area (TPSA) is 89.8 Å². The van der Waals surface area contributed by atoms with Gasteiger partial charge in [-0.25, -0.2) is 8.42 Å². The molecular formula is C16H15BrN2O5S2. The Bertz CT molecular complexity index is 934. The lowest BCUT2D eigenvalue weighted by molar-refractivity contribution is -0.385. The molecular weight excluding hydrogens is 444 g/mol. The number of hydrogen-bond donors (Lipinski definition) is 0. The van der Waals surface area contributed by atoms with Gasteiger partial charge in [0.2, 0.25) is 10.0 Å². The van der Waals surface area contributed by atoms with Crippen LogP contribution in [0.25, 0.3) is 0 Å². The summed E-state index contributed by atoms with van der Waals surface area (Å²) >= 11 is 4.73. The molecule has 2 aromatic rings. The second-order valence-corrected chi connectivity index (χ2v) is 9.48. The lowest BCUT2D eigenvalue weighted by Crippen LogP contribution is -2.30. The Balaban J connectivity index is 1.99. The predicted molar refractivity (Wildman–Crippen MR) is 103 cm³/mol. The maximum absolute atomic E-state index is 13.0. The molecule has 7 nitrogen and oxygen atoms in total. The summed E-state index contributed by atoms with van der Waals surface area (Å²) in [5.74, 6) is 0.754. The second kappa shape index (κ2) is 7.55. The van der Waals surface area contributed by atoms with Crippen LogP contribution in [0.3, 0.4) is 0 Å². The van der Waals surface area contributed by atoms with Crippen LogP contribution < -0.4 is 4.74 Å². The van der Waals surface area contributed by atoms with Gasteiger partial charge in [-0.2, -0.15) is 4.31 Å². The first-order chi connectivity index (χ1) is 12.3. The van der Waals surface area contributed by atoms with Crippen LogP contribution >= 0.6 is 27.7 Å². The van der Waals surface area contributed by atoms with Gasteiger partial charge in [0.05, 0.1) is 22.3 Å². The number of hydrogen-bond acceptors (Lipinski definition) is 6. The molecule has 0 aromatic heterocycles. The molecule has 0 bridgehead atoms. The Labute approximate surface area is 163 Å². The summed E-state index contributed by atoms with van der Waals surface area (Å²) in [7, 11) is -2.35. The second-order valence-electron chi connectivity index (χ2n) is 5.48. The highest BCUT2D eigenvalue weighted by Gasteiger charge is 2.37. The van der Waals surface area contributed by atoms with E-state index >= 15 is 0 Å². The number of methoxy groups -OCH3 is 1. The molecule has 1 fully saturated rings. The standard InChI is InChI=1S/C16H15BrN2O5S2/c1-24-15-7-2-11(10-14(15)19(20)21)16-18(8-9-25-16)26(22,23)13-5-3-12(17)4-6-13/h2-7,10,16H,8-9H2,1H3/t16-/m1/s1. The van der Waals surface area contributed by atoms with Crippen molar-refractivity contribution < 1.29 is 18.1 Å². The van der Waals surface area contributed by atoms with Gasteiger partial charge >= 0.3 is 5.69 Å². The van der Waals surface area contributed by atoms with Crippen molar-refractivity contribution >= 4 is 43.4 Å². The van der Waals surface area contributed by atoms with Gasteiger partial charge in [-0.15, -0.1) is 11.8 Å².